The summed E-state index contributed by atoms with van der Waals surface area (Å²) in [4.78, 5) is 8.45. The smallest absolute Gasteiger partial charge is 0.124 e. The zero-order valence-corrected chi connectivity index (χ0v) is 15.8. The topological polar surface area (TPSA) is 28.7 Å². The lowest BCUT2D eigenvalue weighted by Crippen LogP contribution is -1.79. The molecule has 1 N–H and O–H groups in total. The molecule has 6 rings (SSSR count). The Kier molecular flexibility index (Phi) is 3.37. The Hall–Kier alpha value is -3.43. The van der Waals surface area contributed by atoms with E-state index in [0.717, 1.165) is 16.1 Å². The largest absolute Gasteiger partial charge is 0.354 e. The minimum absolute atomic E-state index is 1.06. The number of aromatic nitrogens is 2. The third-order valence-electron chi connectivity index (χ3n) is 5.25. The first kappa shape index (κ1) is 15.6. The number of fused-ring (bicyclic) bond motifs is 4. The average molecular weight is 376 g/mol. The highest BCUT2D eigenvalue weighted by atomic mass is 32.1. The third-order valence-corrected chi connectivity index (χ3v) is 6.32. The van der Waals surface area contributed by atoms with Gasteiger partial charge in [0.15, 0.2) is 0 Å². The highest BCUT2D eigenvalue weighted by Crippen LogP contribution is 2.35. The molecule has 2 nitrogen and oxygen atoms in total. The summed E-state index contributed by atoms with van der Waals surface area (Å²) < 4.78 is 1.21. The molecule has 0 fully saturated rings. The van der Waals surface area contributed by atoms with Crippen molar-refractivity contribution in [2.24, 2.45) is 0 Å². The summed E-state index contributed by atoms with van der Waals surface area (Å²) in [5.74, 6) is 0. The van der Waals surface area contributed by atoms with Gasteiger partial charge < -0.3 is 4.98 Å². The van der Waals surface area contributed by atoms with Gasteiger partial charge in [0.1, 0.15) is 5.01 Å². The van der Waals surface area contributed by atoms with E-state index in [-0.39, 0.29) is 0 Å². The molecule has 0 atom stereocenters. The van der Waals surface area contributed by atoms with E-state index in [0.29, 0.717) is 0 Å². The molecule has 0 aliphatic rings. The third kappa shape index (κ3) is 2.44. The fourth-order valence-corrected chi connectivity index (χ4v) is 4.82. The van der Waals surface area contributed by atoms with Gasteiger partial charge in [-0.2, -0.15) is 0 Å². The van der Waals surface area contributed by atoms with Gasteiger partial charge in [-0.3, -0.25) is 0 Å². The van der Waals surface area contributed by atoms with Crippen molar-refractivity contribution < 1.29 is 0 Å². The monoisotopic (exact) mass is 376 g/mol. The van der Waals surface area contributed by atoms with Crippen molar-refractivity contribution in [2.75, 3.05) is 0 Å². The van der Waals surface area contributed by atoms with Crippen LogP contribution < -0.4 is 0 Å². The lowest BCUT2D eigenvalue weighted by molar-refractivity contribution is 1.48. The molecule has 28 heavy (non-hydrogen) atoms. The standard InChI is InChI=1S/C25H16N2S/c1-2-6-16(7-3-1)17-10-12-18(13-11-17)25-27-23-14-20-19-8-4-5-9-21(19)26-22(20)15-24(23)28-25/h1-15,26H. The predicted octanol–water partition coefficient (Wildman–Crippen LogP) is 7.26. The maximum absolute atomic E-state index is 4.93. The summed E-state index contributed by atoms with van der Waals surface area (Å²) >= 11 is 1.75. The van der Waals surface area contributed by atoms with Crippen LogP contribution in [0.2, 0.25) is 0 Å². The van der Waals surface area contributed by atoms with Crippen LogP contribution in [0.1, 0.15) is 0 Å². The molecule has 0 spiro atoms. The van der Waals surface area contributed by atoms with Crippen LogP contribution in [0, 0.1) is 0 Å². The summed E-state index contributed by atoms with van der Waals surface area (Å²) in [5.41, 5.74) is 7.03. The fourth-order valence-electron chi connectivity index (χ4n) is 3.83. The van der Waals surface area contributed by atoms with Crippen molar-refractivity contribution in [1.82, 2.24) is 9.97 Å². The summed E-state index contributed by atoms with van der Waals surface area (Å²) in [6.45, 7) is 0. The Bertz CT molecular complexity index is 1440. The van der Waals surface area contributed by atoms with Gasteiger partial charge >= 0.3 is 0 Å². The Morgan fingerprint density at radius 3 is 2.18 bits per heavy atom. The van der Waals surface area contributed by atoms with Crippen LogP contribution >= 0.6 is 11.3 Å². The van der Waals surface area contributed by atoms with Gasteiger partial charge in [0.25, 0.3) is 0 Å². The molecular formula is C25H16N2S. The number of thiazole rings is 1. The molecule has 0 amide bonds. The average Bonchev–Trinajstić information content (AvgIpc) is 3.33. The van der Waals surface area contributed by atoms with Gasteiger partial charge in [-0.1, -0.05) is 72.8 Å². The molecule has 0 aliphatic carbocycles. The molecule has 3 heteroatoms. The Balaban J connectivity index is 1.45. The van der Waals surface area contributed by atoms with Gasteiger partial charge in [-0.15, -0.1) is 11.3 Å². The minimum atomic E-state index is 1.06. The summed E-state index contributed by atoms with van der Waals surface area (Å²) in [5, 5.41) is 3.55. The molecule has 0 aliphatic heterocycles. The SMILES string of the molecule is c1ccc(-c2ccc(-c3nc4cc5c(cc4s3)[nH]c3ccccc35)cc2)cc1. The van der Waals surface area contributed by atoms with Gasteiger partial charge in [-0.05, 0) is 29.3 Å². The first-order valence-corrected chi connectivity index (χ1v) is 10.1. The van der Waals surface area contributed by atoms with Crippen molar-refractivity contribution in [2.45, 2.75) is 0 Å². The highest BCUT2D eigenvalue weighted by Gasteiger charge is 2.11. The van der Waals surface area contributed by atoms with Gasteiger partial charge in [0.2, 0.25) is 0 Å². The van der Waals surface area contributed by atoms with Crippen LogP contribution in [-0.2, 0) is 0 Å². The maximum atomic E-state index is 4.93. The molecule has 0 saturated heterocycles. The summed E-state index contributed by atoms with van der Waals surface area (Å²) in [6, 6.07) is 32.0. The second-order valence-corrected chi connectivity index (χ2v) is 8.03. The van der Waals surface area contributed by atoms with E-state index in [4.69, 9.17) is 4.98 Å². The second kappa shape index (κ2) is 6.04. The van der Waals surface area contributed by atoms with Crippen molar-refractivity contribution >= 4 is 43.4 Å². The predicted molar refractivity (Wildman–Crippen MR) is 120 cm³/mol. The van der Waals surface area contributed by atoms with Gasteiger partial charge in [-0.25, -0.2) is 4.98 Å². The van der Waals surface area contributed by atoms with Crippen molar-refractivity contribution in [3.63, 3.8) is 0 Å². The van der Waals surface area contributed by atoms with E-state index in [1.165, 1.54) is 37.6 Å². The van der Waals surface area contributed by atoms with E-state index >= 15 is 0 Å². The second-order valence-electron chi connectivity index (χ2n) is 7.00. The molecular weight excluding hydrogens is 360 g/mol. The Morgan fingerprint density at radius 1 is 0.607 bits per heavy atom. The summed E-state index contributed by atoms with van der Waals surface area (Å²) in [6.07, 6.45) is 0. The molecule has 0 unspecified atom stereocenters. The molecule has 0 saturated carbocycles. The summed E-state index contributed by atoms with van der Waals surface area (Å²) in [7, 11) is 0. The number of aromatic amines is 1. The lowest BCUT2D eigenvalue weighted by atomic mass is 10.0. The number of rotatable bonds is 2. The lowest BCUT2D eigenvalue weighted by Gasteiger charge is -2.02. The number of benzene rings is 4. The number of para-hydroxylation sites is 1. The minimum Gasteiger partial charge on any atom is -0.354 e. The quantitative estimate of drug-likeness (QED) is 0.338. The zero-order valence-electron chi connectivity index (χ0n) is 15.0. The van der Waals surface area contributed by atoms with Crippen LogP contribution in [0.25, 0.3) is 53.7 Å². The Morgan fingerprint density at radius 2 is 1.32 bits per heavy atom. The maximum Gasteiger partial charge on any atom is 0.124 e. The van der Waals surface area contributed by atoms with E-state index in [2.05, 4.69) is 89.9 Å². The molecule has 0 radical (unpaired) electrons. The first-order chi connectivity index (χ1) is 13.8. The normalized spacial score (nSPS) is 11.6. The molecule has 2 aromatic heterocycles. The van der Waals surface area contributed by atoms with Crippen LogP contribution in [0.15, 0.2) is 91.0 Å². The first-order valence-electron chi connectivity index (χ1n) is 9.32. The van der Waals surface area contributed by atoms with Gasteiger partial charge in [0.05, 0.1) is 10.2 Å². The molecule has 6 aromatic rings. The molecule has 0 bridgehead atoms. The van der Waals surface area contributed by atoms with E-state index in [9.17, 15) is 0 Å². The number of H-pyrrole nitrogens is 1. The van der Waals surface area contributed by atoms with Crippen LogP contribution in [-0.4, -0.2) is 9.97 Å². The van der Waals surface area contributed by atoms with Crippen molar-refractivity contribution in [3.8, 4) is 21.7 Å². The molecule has 4 aromatic carbocycles. The molecule has 132 valence electrons. The zero-order chi connectivity index (χ0) is 18.5. The van der Waals surface area contributed by atoms with E-state index in [1.807, 2.05) is 6.07 Å². The van der Waals surface area contributed by atoms with E-state index in [1.54, 1.807) is 11.3 Å². The van der Waals surface area contributed by atoms with Crippen molar-refractivity contribution in [3.05, 3.63) is 91.0 Å². The van der Waals surface area contributed by atoms with Crippen LogP contribution in [0.3, 0.4) is 0 Å². The van der Waals surface area contributed by atoms with Crippen LogP contribution in [0.4, 0.5) is 0 Å². The van der Waals surface area contributed by atoms with Gasteiger partial charge in [0, 0.05) is 27.4 Å². The van der Waals surface area contributed by atoms with Crippen LogP contribution in [0.5, 0.6) is 0 Å². The number of nitrogens with one attached hydrogen (secondary N) is 1. The van der Waals surface area contributed by atoms with E-state index < -0.39 is 0 Å². The number of hydrogen-bond donors (Lipinski definition) is 1. The fraction of sp³-hybridized carbons (Fsp3) is 0. The highest BCUT2D eigenvalue weighted by molar-refractivity contribution is 7.21. The number of hydrogen-bond acceptors (Lipinski definition) is 2. The molecule has 2 heterocycles. The number of nitrogens with zero attached hydrogens (tertiary/aromatic N) is 1. The van der Waals surface area contributed by atoms with Crippen molar-refractivity contribution in [1.29, 1.82) is 0 Å². The Labute approximate surface area is 166 Å².